The van der Waals surface area contributed by atoms with Gasteiger partial charge in [0.2, 0.25) is 5.91 Å². The number of carbonyl (C=O) groups excluding carboxylic acids is 2. The van der Waals surface area contributed by atoms with Gasteiger partial charge < -0.3 is 0 Å². The van der Waals surface area contributed by atoms with Crippen molar-refractivity contribution in [3.05, 3.63) is 70.3 Å². The van der Waals surface area contributed by atoms with Gasteiger partial charge in [0.05, 0.1) is 17.7 Å². The predicted octanol–water partition coefficient (Wildman–Crippen LogP) is 3.78. The van der Waals surface area contributed by atoms with E-state index in [1.54, 1.807) is 24.3 Å². The van der Waals surface area contributed by atoms with Gasteiger partial charge in [-0.25, -0.2) is 0 Å². The third-order valence-electron chi connectivity index (χ3n) is 4.21. The number of carbonyl (C=O) groups is 2. The normalized spacial score (nSPS) is 16.8. The number of amidine groups is 1. The molecule has 2 aromatic carbocycles. The van der Waals surface area contributed by atoms with Crippen molar-refractivity contribution in [3.63, 3.8) is 0 Å². The quantitative estimate of drug-likeness (QED) is 0.838. The molecule has 5 heteroatoms. The molecule has 0 radical (unpaired) electrons. The van der Waals surface area contributed by atoms with E-state index in [1.165, 1.54) is 4.90 Å². The molecule has 0 atom stereocenters. The molecule has 1 fully saturated rings. The number of benzene rings is 2. The summed E-state index contributed by atoms with van der Waals surface area (Å²) in [6.07, 6.45) is 0.177. The first-order valence-corrected chi connectivity index (χ1v) is 7.94. The fourth-order valence-corrected chi connectivity index (χ4v) is 3.16. The van der Waals surface area contributed by atoms with Crippen molar-refractivity contribution in [2.75, 3.05) is 4.90 Å². The highest BCUT2D eigenvalue weighted by Gasteiger charge is 2.41. The van der Waals surface area contributed by atoms with Crippen molar-refractivity contribution in [2.24, 2.45) is 4.99 Å². The van der Waals surface area contributed by atoms with Gasteiger partial charge in [-0.05, 0) is 36.8 Å². The summed E-state index contributed by atoms with van der Waals surface area (Å²) >= 11 is 5.91. The fraction of sp³-hybridized carbons (Fsp3) is 0.105. The van der Waals surface area contributed by atoms with Crippen molar-refractivity contribution in [1.82, 2.24) is 0 Å². The average molecular weight is 337 g/mol. The maximum absolute atomic E-state index is 12.5. The van der Waals surface area contributed by atoms with Gasteiger partial charge in [-0.3, -0.25) is 14.5 Å². The Morgan fingerprint density at radius 3 is 2.33 bits per heavy atom. The number of hydrogen-bond acceptors (Lipinski definition) is 2. The molecule has 0 spiro atoms. The van der Waals surface area contributed by atoms with E-state index in [9.17, 15) is 9.59 Å². The van der Waals surface area contributed by atoms with Crippen molar-refractivity contribution in [1.29, 1.82) is 0 Å². The molecule has 0 aliphatic carbocycles. The molecular weight excluding hydrogens is 324 g/mol. The Bertz CT molecular complexity index is 925. The molecule has 0 saturated carbocycles. The van der Waals surface area contributed by atoms with Gasteiger partial charge in [0, 0.05) is 10.6 Å². The lowest BCUT2D eigenvalue weighted by Crippen LogP contribution is -2.28. The summed E-state index contributed by atoms with van der Waals surface area (Å²) in [6.45, 7) is 1.99. The fourth-order valence-electron chi connectivity index (χ4n) is 3.04. The van der Waals surface area contributed by atoms with Crippen LogP contribution < -0.4 is 4.90 Å². The van der Waals surface area contributed by atoms with Crippen molar-refractivity contribution in [3.8, 4) is 0 Å². The first-order chi connectivity index (χ1) is 11.5. The predicted molar refractivity (Wildman–Crippen MR) is 94.1 cm³/mol. The van der Waals surface area contributed by atoms with Crippen LogP contribution in [0.3, 0.4) is 0 Å². The van der Waals surface area contributed by atoms with E-state index >= 15 is 0 Å². The molecule has 118 valence electrons. The van der Waals surface area contributed by atoms with Crippen LogP contribution in [0.5, 0.6) is 0 Å². The lowest BCUT2D eigenvalue weighted by Gasteiger charge is -2.15. The van der Waals surface area contributed by atoms with Crippen molar-refractivity contribution < 1.29 is 9.59 Å². The zero-order chi connectivity index (χ0) is 16.8. The average Bonchev–Trinajstić information content (AvgIpc) is 3.02. The minimum atomic E-state index is -0.296. The minimum absolute atomic E-state index is 0.0943. The molecule has 2 aliphatic rings. The Hall–Kier alpha value is -2.72. The van der Waals surface area contributed by atoms with E-state index in [-0.39, 0.29) is 18.2 Å². The van der Waals surface area contributed by atoms with Crippen LogP contribution in [0.2, 0.25) is 5.02 Å². The summed E-state index contributed by atoms with van der Waals surface area (Å²) in [6, 6.07) is 14.6. The maximum atomic E-state index is 12.5. The second kappa shape index (κ2) is 5.42. The molecule has 0 aromatic heterocycles. The van der Waals surface area contributed by atoms with Gasteiger partial charge in [-0.2, -0.15) is 4.99 Å². The second-order valence-electron chi connectivity index (χ2n) is 5.84. The van der Waals surface area contributed by atoms with E-state index in [0.29, 0.717) is 27.7 Å². The SMILES string of the molecule is Cc1ccc(C2=C3CC(=O)N(c4ccc(Cl)cc4)C3=NC2=O)cc1. The number of aryl methyl sites for hydroxylation is 1. The topological polar surface area (TPSA) is 49.7 Å². The van der Waals surface area contributed by atoms with Crippen LogP contribution in [-0.2, 0) is 9.59 Å². The van der Waals surface area contributed by atoms with Crippen molar-refractivity contribution in [2.45, 2.75) is 13.3 Å². The summed E-state index contributed by atoms with van der Waals surface area (Å²) in [5, 5.41) is 0.589. The Morgan fingerprint density at radius 1 is 1.00 bits per heavy atom. The maximum Gasteiger partial charge on any atom is 0.280 e. The lowest BCUT2D eigenvalue weighted by molar-refractivity contribution is -0.116. The first kappa shape index (κ1) is 14.8. The van der Waals surface area contributed by atoms with Gasteiger partial charge in [0.1, 0.15) is 5.84 Å². The lowest BCUT2D eigenvalue weighted by atomic mass is 9.99. The Kier molecular flexibility index (Phi) is 3.36. The standard InChI is InChI=1S/C19H13ClN2O2/c1-11-2-4-12(5-3-11)17-15-10-16(23)22(18(15)21-19(17)24)14-8-6-13(20)7-9-14/h2-9H,10H2,1H3. The number of amides is 2. The van der Waals surface area contributed by atoms with Gasteiger partial charge in [-0.15, -0.1) is 0 Å². The Morgan fingerprint density at radius 2 is 1.67 bits per heavy atom. The van der Waals surface area contributed by atoms with Gasteiger partial charge >= 0.3 is 0 Å². The van der Waals surface area contributed by atoms with Crippen LogP contribution in [0.4, 0.5) is 5.69 Å². The molecule has 1 saturated heterocycles. The number of anilines is 1. The number of rotatable bonds is 2. The molecule has 2 aliphatic heterocycles. The zero-order valence-corrected chi connectivity index (χ0v) is 13.7. The first-order valence-electron chi connectivity index (χ1n) is 7.57. The van der Waals surface area contributed by atoms with Crippen LogP contribution in [0.15, 0.2) is 59.1 Å². The van der Waals surface area contributed by atoms with Crippen molar-refractivity contribution >= 4 is 40.5 Å². The third kappa shape index (κ3) is 2.27. The van der Waals surface area contributed by atoms with Crippen LogP contribution in [0, 0.1) is 6.92 Å². The number of halogens is 1. The minimum Gasteiger partial charge on any atom is -0.274 e. The largest absolute Gasteiger partial charge is 0.280 e. The zero-order valence-electron chi connectivity index (χ0n) is 12.9. The van der Waals surface area contributed by atoms with E-state index in [2.05, 4.69) is 4.99 Å². The number of hydrogen-bond donors (Lipinski definition) is 0. The Balaban J connectivity index is 1.80. The van der Waals surface area contributed by atoms with E-state index in [0.717, 1.165) is 11.1 Å². The molecule has 2 heterocycles. The third-order valence-corrected chi connectivity index (χ3v) is 4.46. The van der Waals surface area contributed by atoms with Crippen LogP contribution in [-0.4, -0.2) is 17.6 Å². The molecule has 2 amide bonds. The molecule has 4 nitrogen and oxygen atoms in total. The summed E-state index contributed by atoms with van der Waals surface area (Å²) in [7, 11) is 0. The highest BCUT2D eigenvalue weighted by Crippen LogP contribution is 2.37. The molecule has 0 N–H and O–H groups in total. The molecule has 0 unspecified atom stereocenters. The second-order valence-corrected chi connectivity index (χ2v) is 6.28. The Labute approximate surface area is 144 Å². The van der Waals surface area contributed by atoms with Gasteiger partial charge in [0.25, 0.3) is 5.91 Å². The number of aliphatic imine (C=N–C) groups is 1. The molecular formula is C19H13ClN2O2. The summed E-state index contributed by atoms with van der Waals surface area (Å²) in [5.74, 6) is 0.0430. The van der Waals surface area contributed by atoms with Crippen LogP contribution in [0.1, 0.15) is 17.5 Å². The number of nitrogens with zero attached hydrogens (tertiary/aromatic N) is 2. The highest BCUT2D eigenvalue weighted by molar-refractivity contribution is 6.44. The van der Waals surface area contributed by atoms with Crippen LogP contribution >= 0.6 is 11.6 Å². The van der Waals surface area contributed by atoms with E-state index < -0.39 is 0 Å². The smallest absolute Gasteiger partial charge is 0.274 e. The molecule has 24 heavy (non-hydrogen) atoms. The van der Waals surface area contributed by atoms with E-state index in [4.69, 9.17) is 11.6 Å². The van der Waals surface area contributed by atoms with E-state index in [1.807, 2.05) is 31.2 Å². The van der Waals surface area contributed by atoms with Gasteiger partial charge in [-0.1, -0.05) is 41.4 Å². The van der Waals surface area contributed by atoms with Crippen LogP contribution in [0.25, 0.3) is 5.57 Å². The summed E-state index contributed by atoms with van der Waals surface area (Å²) in [4.78, 5) is 30.5. The number of fused-ring (bicyclic) bond motifs is 1. The summed E-state index contributed by atoms with van der Waals surface area (Å²) < 4.78 is 0. The molecule has 4 rings (SSSR count). The molecule has 2 aromatic rings. The van der Waals surface area contributed by atoms with Gasteiger partial charge in [0.15, 0.2) is 0 Å². The highest BCUT2D eigenvalue weighted by atomic mass is 35.5. The molecule has 0 bridgehead atoms. The summed E-state index contributed by atoms with van der Waals surface area (Å²) in [5.41, 5.74) is 3.79. The monoisotopic (exact) mass is 336 g/mol.